The number of hydrogen-bond donors (Lipinski definition) is 1. The van der Waals surface area contributed by atoms with E-state index in [0.717, 1.165) is 24.6 Å². The second-order valence-electron chi connectivity index (χ2n) is 4.38. The molecule has 1 aromatic heterocycles. The van der Waals surface area contributed by atoms with Gasteiger partial charge < -0.3 is 10.1 Å². The molecule has 3 heteroatoms. The molecule has 1 N–H and O–H groups in total. The summed E-state index contributed by atoms with van der Waals surface area (Å²) in [6, 6.07) is 6.57. The van der Waals surface area contributed by atoms with Gasteiger partial charge in [0.2, 0.25) is 5.88 Å². The summed E-state index contributed by atoms with van der Waals surface area (Å²) in [5, 5.41) is 3.55. The summed E-state index contributed by atoms with van der Waals surface area (Å²) in [6.07, 6.45) is 3.74. The van der Waals surface area contributed by atoms with Crippen molar-refractivity contribution in [1.82, 2.24) is 10.3 Å². The van der Waals surface area contributed by atoms with Gasteiger partial charge >= 0.3 is 0 Å². The molecular formula is C13H20N2O. The first-order valence-corrected chi connectivity index (χ1v) is 6.06. The number of nitrogens with zero attached hydrogens (tertiary/aromatic N) is 1. The van der Waals surface area contributed by atoms with Gasteiger partial charge in [0.15, 0.2) is 0 Å². The van der Waals surface area contributed by atoms with E-state index < -0.39 is 0 Å². The molecule has 0 radical (unpaired) electrons. The van der Waals surface area contributed by atoms with E-state index in [1.54, 1.807) is 7.11 Å². The van der Waals surface area contributed by atoms with Crippen LogP contribution in [0.15, 0.2) is 18.2 Å². The lowest BCUT2D eigenvalue weighted by Gasteiger charge is -2.16. The molecule has 1 heterocycles. The van der Waals surface area contributed by atoms with Crippen LogP contribution in [0.5, 0.6) is 5.88 Å². The van der Waals surface area contributed by atoms with Gasteiger partial charge in [0.05, 0.1) is 7.11 Å². The van der Waals surface area contributed by atoms with Gasteiger partial charge in [-0.2, -0.15) is 0 Å². The minimum Gasteiger partial charge on any atom is -0.481 e. The summed E-state index contributed by atoms with van der Waals surface area (Å²) < 4.78 is 5.14. The Morgan fingerprint density at radius 3 is 2.94 bits per heavy atom. The zero-order valence-corrected chi connectivity index (χ0v) is 10.1. The van der Waals surface area contributed by atoms with E-state index in [2.05, 4.69) is 23.3 Å². The second kappa shape index (κ2) is 5.30. The average molecular weight is 220 g/mol. The molecule has 0 amide bonds. The first-order chi connectivity index (χ1) is 7.83. The Morgan fingerprint density at radius 1 is 1.50 bits per heavy atom. The Kier molecular flexibility index (Phi) is 3.78. The maximum Gasteiger partial charge on any atom is 0.213 e. The quantitative estimate of drug-likeness (QED) is 0.796. The van der Waals surface area contributed by atoms with Gasteiger partial charge in [0.1, 0.15) is 0 Å². The predicted molar refractivity (Wildman–Crippen MR) is 64.7 cm³/mol. The molecule has 1 saturated carbocycles. The normalized spacial score (nSPS) is 17.1. The summed E-state index contributed by atoms with van der Waals surface area (Å²) in [5.41, 5.74) is 1.12. The van der Waals surface area contributed by atoms with E-state index in [4.69, 9.17) is 4.74 Å². The molecule has 1 aliphatic rings. The summed E-state index contributed by atoms with van der Waals surface area (Å²) >= 11 is 0. The number of rotatable bonds is 6. The third-order valence-electron chi connectivity index (χ3n) is 3.08. The minimum absolute atomic E-state index is 0.588. The molecule has 1 atom stereocenters. The molecule has 0 saturated heterocycles. The van der Waals surface area contributed by atoms with Crippen molar-refractivity contribution in [1.29, 1.82) is 0 Å². The summed E-state index contributed by atoms with van der Waals surface area (Å²) in [6.45, 7) is 3.19. The number of nitrogens with one attached hydrogen (secondary N) is 1. The topological polar surface area (TPSA) is 34.1 Å². The standard InChI is InChI=1S/C13H20N2O/c1-3-14-12(10-7-8-10)9-11-5-4-6-13(15-11)16-2/h4-6,10,12,14H,3,7-9H2,1-2H3. The van der Waals surface area contributed by atoms with Crippen molar-refractivity contribution in [3.05, 3.63) is 23.9 Å². The van der Waals surface area contributed by atoms with E-state index in [-0.39, 0.29) is 0 Å². The minimum atomic E-state index is 0.588. The van der Waals surface area contributed by atoms with E-state index in [9.17, 15) is 0 Å². The largest absolute Gasteiger partial charge is 0.481 e. The second-order valence-corrected chi connectivity index (χ2v) is 4.38. The van der Waals surface area contributed by atoms with Crippen molar-refractivity contribution >= 4 is 0 Å². The molecule has 3 nitrogen and oxygen atoms in total. The third-order valence-corrected chi connectivity index (χ3v) is 3.08. The lowest BCUT2D eigenvalue weighted by molar-refractivity contribution is 0.393. The first kappa shape index (κ1) is 11.4. The van der Waals surface area contributed by atoms with Crippen molar-refractivity contribution in [2.24, 2.45) is 5.92 Å². The lowest BCUT2D eigenvalue weighted by Crippen LogP contribution is -2.33. The van der Waals surface area contributed by atoms with Crippen LogP contribution in [0.2, 0.25) is 0 Å². The first-order valence-electron chi connectivity index (χ1n) is 6.06. The fourth-order valence-corrected chi connectivity index (χ4v) is 2.08. The lowest BCUT2D eigenvalue weighted by atomic mass is 10.1. The maximum absolute atomic E-state index is 5.14. The number of pyridine rings is 1. The Morgan fingerprint density at radius 2 is 2.31 bits per heavy atom. The highest BCUT2D eigenvalue weighted by Gasteiger charge is 2.30. The van der Waals surface area contributed by atoms with Crippen molar-refractivity contribution in [2.45, 2.75) is 32.2 Å². The molecule has 1 fully saturated rings. The van der Waals surface area contributed by atoms with Gasteiger partial charge in [0.25, 0.3) is 0 Å². The van der Waals surface area contributed by atoms with Crippen molar-refractivity contribution < 1.29 is 4.74 Å². The van der Waals surface area contributed by atoms with Crippen LogP contribution in [0, 0.1) is 5.92 Å². The molecule has 1 aromatic rings. The van der Waals surface area contributed by atoms with E-state index in [1.165, 1.54) is 12.8 Å². The van der Waals surface area contributed by atoms with Gasteiger partial charge in [-0.3, -0.25) is 0 Å². The number of ether oxygens (including phenoxy) is 1. The van der Waals surface area contributed by atoms with Gasteiger partial charge in [-0.25, -0.2) is 4.98 Å². The number of likely N-dealkylation sites (N-methyl/N-ethyl adjacent to an activating group) is 1. The fraction of sp³-hybridized carbons (Fsp3) is 0.615. The van der Waals surface area contributed by atoms with E-state index >= 15 is 0 Å². The molecule has 1 aliphatic carbocycles. The van der Waals surface area contributed by atoms with Crippen LogP contribution in [-0.2, 0) is 6.42 Å². The molecule has 0 bridgehead atoms. The molecule has 0 aromatic carbocycles. The van der Waals surface area contributed by atoms with Gasteiger partial charge in [-0.15, -0.1) is 0 Å². The van der Waals surface area contributed by atoms with Crippen LogP contribution in [0.3, 0.4) is 0 Å². The molecule has 0 spiro atoms. The summed E-state index contributed by atoms with van der Waals surface area (Å²) in [4.78, 5) is 4.46. The van der Waals surface area contributed by atoms with Crippen molar-refractivity contribution in [2.75, 3.05) is 13.7 Å². The van der Waals surface area contributed by atoms with Crippen LogP contribution < -0.4 is 10.1 Å². The number of hydrogen-bond acceptors (Lipinski definition) is 3. The fourth-order valence-electron chi connectivity index (χ4n) is 2.08. The van der Waals surface area contributed by atoms with Crippen LogP contribution in [-0.4, -0.2) is 24.7 Å². The van der Waals surface area contributed by atoms with Crippen LogP contribution in [0.4, 0.5) is 0 Å². The monoisotopic (exact) mass is 220 g/mol. The molecule has 88 valence electrons. The van der Waals surface area contributed by atoms with Gasteiger partial charge in [-0.05, 0) is 31.4 Å². The highest BCUT2D eigenvalue weighted by Crippen LogP contribution is 2.33. The highest BCUT2D eigenvalue weighted by atomic mass is 16.5. The van der Waals surface area contributed by atoms with Crippen LogP contribution in [0.1, 0.15) is 25.5 Å². The van der Waals surface area contributed by atoms with Crippen LogP contribution in [0.25, 0.3) is 0 Å². The van der Waals surface area contributed by atoms with Gasteiger partial charge in [-0.1, -0.05) is 13.0 Å². The maximum atomic E-state index is 5.14. The molecule has 1 unspecified atom stereocenters. The number of methoxy groups -OCH3 is 1. The highest BCUT2D eigenvalue weighted by molar-refractivity contribution is 5.16. The Bertz CT molecular complexity index is 336. The predicted octanol–water partition coefficient (Wildman–Crippen LogP) is 2.02. The summed E-state index contributed by atoms with van der Waals surface area (Å²) in [5.74, 6) is 1.57. The third kappa shape index (κ3) is 2.95. The molecule has 0 aliphatic heterocycles. The van der Waals surface area contributed by atoms with Crippen LogP contribution >= 0.6 is 0 Å². The Labute approximate surface area is 97.2 Å². The Hall–Kier alpha value is -1.09. The Balaban J connectivity index is 1.99. The van der Waals surface area contributed by atoms with Gasteiger partial charge in [0, 0.05) is 24.2 Å². The number of aromatic nitrogens is 1. The summed E-state index contributed by atoms with van der Waals surface area (Å²) in [7, 11) is 1.66. The zero-order valence-electron chi connectivity index (χ0n) is 10.1. The van der Waals surface area contributed by atoms with E-state index in [1.807, 2.05) is 12.1 Å². The van der Waals surface area contributed by atoms with Crippen molar-refractivity contribution in [3.63, 3.8) is 0 Å². The zero-order chi connectivity index (χ0) is 11.4. The smallest absolute Gasteiger partial charge is 0.213 e. The SMILES string of the molecule is CCNC(Cc1cccc(OC)n1)C1CC1. The molecule has 16 heavy (non-hydrogen) atoms. The molecule has 2 rings (SSSR count). The van der Waals surface area contributed by atoms with Crippen molar-refractivity contribution in [3.8, 4) is 5.88 Å². The molecular weight excluding hydrogens is 200 g/mol. The van der Waals surface area contributed by atoms with E-state index in [0.29, 0.717) is 11.9 Å². The average Bonchev–Trinajstić information content (AvgIpc) is 3.13.